The molecule has 122 valence electrons. The van der Waals surface area contributed by atoms with Crippen molar-refractivity contribution in [2.24, 2.45) is 5.73 Å². The van der Waals surface area contributed by atoms with Crippen LogP contribution >= 0.6 is 0 Å². The average Bonchev–Trinajstić information content (AvgIpc) is 2.99. The Bertz CT molecular complexity index is 640. The van der Waals surface area contributed by atoms with Gasteiger partial charge in [0, 0.05) is 30.8 Å². The van der Waals surface area contributed by atoms with Crippen LogP contribution in [0.4, 0.5) is 5.82 Å². The van der Waals surface area contributed by atoms with Crippen LogP contribution in [0.15, 0.2) is 12.3 Å². The normalized spacial score (nSPS) is 25.7. The highest BCUT2D eigenvalue weighted by atomic mass is 16.7. The summed E-state index contributed by atoms with van der Waals surface area (Å²) >= 11 is 0. The lowest BCUT2D eigenvalue weighted by molar-refractivity contribution is 0.00578. The molecule has 3 heterocycles. The van der Waals surface area contributed by atoms with Crippen LogP contribution in [0.1, 0.15) is 39.7 Å². The van der Waals surface area contributed by atoms with Crippen molar-refractivity contribution in [3.05, 3.63) is 17.8 Å². The van der Waals surface area contributed by atoms with Crippen molar-refractivity contribution >= 4 is 18.4 Å². The van der Waals surface area contributed by atoms with E-state index in [1.165, 1.54) is 0 Å². The van der Waals surface area contributed by atoms with Crippen molar-refractivity contribution in [3.8, 4) is 6.07 Å². The van der Waals surface area contributed by atoms with Gasteiger partial charge in [-0.1, -0.05) is 0 Å². The second kappa shape index (κ2) is 5.48. The molecule has 1 aromatic heterocycles. The van der Waals surface area contributed by atoms with Crippen molar-refractivity contribution in [3.63, 3.8) is 0 Å². The van der Waals surface area contributed by atoms with Crippen molar-refractivity contribution in [2.45, 2.75) is 51.4 Å². The zero-order chi connectivity index (χ0) is 16.8. The highest BCUT2D eigenvalue weighted by Gasteiger charge is 2.52. The predicted octanol–water partition coefficient (Wildman–Crippen LogP) is 0.790. The largest absolute Gasteiger partial charge is 0.496 e. The third-order valence-corrected chi connectivity index (χ3v) is 5.06. The summed E-state index contributed by atoms with van der Waals surface area (Å²) < 4.78 is 12.1. The molecule has 6 nitrogen and oxygen atoms in total. The quantitative estimate of drug-likeness (QED) is 0.813. The fourth-order valence-electron chi connectivity index (χ4n) is 2.90. The summed E-state index contributed by atoms with van der Waals surface area (Å²) in [6, 6.07) is 4.19. The Morgan fingerprint density at radius 2 is 2.00 bits per heavy atom. The molecular formula is C16H23BN4O2. The van der Waals surface area contributed by atoms with Gasteiger partial charge < -0.3 is 19.9 Å². The van der Waals surface area contributed by atoms with Gasteiger partial charge >= 0.3 is 7.12 Å². The van der Waals surface area contributed by atoms with E-state index in [1.807, 2.05) is 33.8 Å². The number of hydrogen-bond donors (Lipinski definition) is 1. The van der Waals surface area contributed by atoms with Gasteiger partial charge in [-0.2, -0.15) is 5.26 Å². The molecule has 0 spiro atoms. The second-order valence-electron chi connectivity index (χ2n) is 7.33. The molecule has 0 bridgehead atoms. The molecule has 0 radical (unpaired) electrons. The monoisotopic (exact) mass is 314 g/mol. The lowest BCUT2D eigenvalue weighted by atomic mass is 9.79. The molecule has 23 heavy (non-hydrogen) atoms. The molecule has 1 aromatic rings. The summed E-state index contributed by atoms with van der Waals surface area (Å²) in [5.74, 6) is 0.695. The molecule has 3 rings (SSSR count). The van der Waals surface area contributed by atoms with E-state index in [4.69, 9.17) is 15.0 Å². The maximum Gasteiger partial charge on any atom is 0.496 e. The molecule has 0 aromatic carbocycles. The number of hydrogen-bond acceptors (Lipinski definition) is 6. The highest BCUT2D eigenvalue weighted by molar-refractivity contribution is 6.62. The molecule has 0 saturated carbocycles. The summed E-state index contributed by atoms with van der Waals surface area (Å²) in [4.78, 5) is 6.56. The van der Waals surface area contributed by atoms with Gasteiger partial charge in [-0.15, -0.1) is 0 Å². The number of nitrogens with zero attached hydrogens (tertiary/aromatic N) is 3. The Labute approximate surface area is 137 Å². The molecular weight excluding hydrogens is 291 g/mol. The topological polar surface area (TPSA) is 84.4 Å². The minimum absolute atomic E-state index is 0.145. The summed E-state index contributed by atoms with van der Waals surface area (Å²) in [5, 5.41) is 9.49. The van der Waals surface area contributed by atoms with Crippen LogP contribution in [0.25, 0.3) is 0 Å². The van der Waals surface area contributed by atoms with E-state index >= 15 is 0 Å². The standard InChI is InChI=1S/C16H23BN4O2/c1-15(2)16(3,4)23-17(22-15)12-7-11(8-18)14(20-9-12)21-6-5-13(19)10-21/h7,9,13H,5-6,10,19H2,1-4H3. The molecule has 0 amide bonds. The molecule has 7 heteroatoms. The molecule has 2 N–H and O–H groups in total. The highest BCUT2D eigenvalue weighted by Crippen LogP contribution is 2.36. The number of aromatic nitrogens is 1. The van der Waals surface area contributed by atoms with Gasteiger partial charge in [-0.05, 0) is 40.2 Å². The van der Waals surface area contributed by atoms with E-state index in [9.17, 15) is 5.26 Å². The molecule has 2 aliphatic rings. The van der Waals surface area contributed by atoms with E-state index < -0.39 is 18.3 Å². The fourth-order valence-corrected chi connectivity index (χ4v) is 2.90. The van der Waals surface area contributed by atoms with Gasteiger partial charge in [0.1, 0.15) is 11.9 Å². The van der Waals surface area contributed by atoms with Crippen LogP contribution in [0.2, 0.25) is 0 Å². The Hall–Kier alpha value is -1.62. The first-order valence-electron chi connectivity index (χ1n) is 8.00. The third-order valence-electron chi connectivity index (χ3n) is 5.06. The van der Waals surface area contributed by atoms with Gasteiger partial charge in [0.15, 0.2) is 0 Å². The first-order chi connectivity index (χ1) is 10.7. The summed E-state index contributed by atoms with van der Waals surface area (Å²) in [6.07, 6.45) is 2.66. The van der Waals surface area contributed by atoms with E-state index in [0.29, 0.717) is 11.4 Å². The zero-order valence-corrected chi connectivity index (χ0v) is 14.2. The van der Waals surface area contributed by atoms with Crippen molar-refractivity contribution in [2.75, 3.05) is 18.0 Å². The van der Waals surface area contributed by atoms with Crippen LogP contribution in [0.5, 0.6) is 0 Å². The zero-order valence-electron chi connectivity index (χ0n) is 14.2. The molecule has 1 atom stereocenters. The number of pyridine rings is 1. The van der Waals surface area contributed by atoms with Gasteiger partial charge in [0.25, 0.3) is 0 Å². The van der Waals surface area contributed by atoms with Crippen molar-refractivity contribution in [1.82, 2.24) is 4.98 Å². The minimum atomic E-state index is -0.505. The second-order valence-corrected chi connectivity index (χ2v) is 7.33. The lowest BCUT2D eigenvalue weighted by Crippen LogP contribution is -2.41. The Morgan fingerprint density at radius 1 is 1.35 bits per heavy atom. The molecule has 0 aliphatic carbocycles. The summed E-state index contributed by atoms with van der Waals surface area (Å²) in [7, 11) is -0.505. The number of rotatable bonds is 2. The smallest absolute Gasteiger partial charge is 0.399 e. The van der Waals surface area contributed by atoms with E-state index in [1.54, 1.807) is 6.20 Å². The average molecular weight is 314 g/mol. The third kappa shape index (κ3) is 2.83. The van der Waals surface area contributed by atoms with E-state index in [-0.39, 0.29) is 6.04 Å². The van der Waals surface area contributed by atoms with Crippen LogP contribution in [-0.2, 0) is 9.31 Å². The fraction of sp³-hybridized carbons (Fsp3) is 0.625. The SMILES string of the molecule is CC1(C)OB(c2cnc(N3CCC(N)C3)c(C#N)c2)OC1(C)C. The maximum absolute atomic E-state index is 9.49. The van der Waals surface area contributed by atoms with Crippen molar-refractivity contribution < 1.29 is 9.31 Å². The van der Waals surface area contributed by atoms with Crippen LogP contribution < -0.4 is 16.1 Å². The molecule has 2 fully saturated rings. The molecule has 1 unspecified atom stereocenters. The van der Waals surface area contributed by atoms with E-state index in [0.717, 1.165) is 25.0 Å². The first-order valence-corrected chi connectivity index (χ1v) is 8.00. The van der Waals surface area contributed by atoms with Gasteiger partial charge in [-0.25, -0.2) is 4.98 Å². The van der Waals surface area contributed by atoms with Crippen LogP contribution in [0, 0.1) is 11.3 Å². The number of nitriles is 1. The number of nitrogens with two attached hydrogens (primary N) is 1. The Morgan fingerprint density at radius 3 is 2.52 bits per heavy atom. The summed E-state index contributed by atoms with van der Waals surface area (Å²) in [6.45, 7) is 9.59. The van der Waals surface area contributed by atoms with Crippen LogP contribution in [-0.4, -0.2) is 42.4 Å². The Kier molecular flexibility index (Phi) is 3.87. The Balaban J connectivity index is 1.88. The van der Waals surface area contributed by atoms with Gasteiger partial charge in [-0.3, -0.25) is 0 Å². The lowest BCUT2D eigenvalue weighted by Gasteiger charge is -2.32. The van der Waals surface area contributed by atoms with Gasteiger partial charge in [0.05, 0.1) is 16.8 Å². The number of anilines is 1. The van der Waals surface area contributed by atoms with Gasteiger partial charge in [0.2, 0.25) is 0 Å². The molecule has 2 saturated heterocycles. The first kappa shape index (κ1) is 16.3. The van der Waals surface area contributed by atoms with Crippen LogP contribution in [0.3, 0.4) is 0 Å². The van der Waals surface area contributed by atoms with E-state index in [2.05, 4.69) is 16.0 Å². The van der Waals surface area contributed by atoms with Crippen molar-refractivity contribution in [1.29, 1.82) is 5.26 Å². The minimum Gasteiger partial charge on any atom is -0.399 e. The maximum atomic E-state index is 9.49. The molecule has 2 aliphatic heterocycles. The predicted molar refractivity (Wildman–Crippen MR) is 89.5 cm³/mol. The summed E-state index contributed by atoms with van der Waals surface area (Å²) in [5.41, 5.74) is 6.43.